The number of aryl methyl sites for hydroxylation is 1. The Morgan fingerprint density at radius 2 is 2.24 bits per heavy atom. The van der Waals surface area contributed by atoms with Crippen LogP contribution >= 0.6 is 0 Å². The minimum absolute atomic E-state index is 0.0218. The van der Waals surface area contributed by atoms with Gasteiger partial charge in [0.15, 0.2) is 0 Å². The molecule has 0 aliphatic carbocycles. The zero-order chi connectivity index (χ0) is 15.4. The Kier molecular flexibility index (Phi) is 4.88. The SMILES string of the molecule is CCC(C)C1NC(=O)CCN(Cc2ccnc(C)n2)C1=O. The van der Waals surface area contributed by atoms with E-state index in [0.717, 1.165) is 12.1 Å². The van der Waals surface area contributed by atoms with Crippen LogP contribution in [0.5, 0.6) is 0 Å². The molecule has 1 aliphatic heterocycles. The van der Waals surface area contributed by atoms with E-state index in [1.165, 1.54) is 0 Å². The zero-order valence-electron chi connectivity index (χ0n) is 12.8. The highest BCUT2D eigenvalue weighted by atomic mass is 16.2. The van der Waals surface area contributed by atoms with Gasteiger partial charge in [-0.05, 0) is 18.9 Å². The maximum Gasteiger partial charge on any atom is 0.245 e. The Balaban J connectivity index is 2.17. The maximum absolute atomic E-state index is 12.6. The van der Waals surface area contributed by atoms with E-state index in [1.54, 1.807) is 17.2 Å². The van der Waals surface area contributed by atoms with Crippen LogP contribution in [0.1, 0.15) is 38.2 Å². The largest absolute Gasteiger partial charge is 0.344 e. The molecule has 0 aromatic carbocycles. The average Bonchev–Trinajstić information content (AvgIpc) is 2.60. The molecule has 0 saturated carbocycles. The molecule has 6 heteroatoms. The van der Waals surface area contributed by atoms with Crippen molar-refractivity contribution in [3.63, 3.8) is 0 Å². The first-order valence-electron chi connectivity index (χ1n) is 7.38. The molecule has 0 radical (unpaired) electrons. The van der Waals surface area contributed by atoms with Gasteiger partial charge in [0.2, 0.25) is 11.8 Å². The van der Waals surface area contributed by atoms with Crippen LogP contribution in [0, 0.1) is 12.8 Å². The van der Waals surface area contributed by atoms with E-state index in [1.807, 2.05) is 20.8 Å². The molecule has 2 amide bonds. The molecule has 0 spiro atoms. The second kappa shape index (κ2) is 6.65. The molecule has 1 fully saturated rings. The molecule has 114 valence electrons. The van der Waals surface area contributed by atoms with Gasteiger partial charge in [0.1, 0.15) is 11.9 Å². The zero-order valence-corrected chi connectivity index (χ0v) is 12.8. The van der Waals surface area contributed by atoms with Crippen LogP contribution in [0.2, 0.25) is 0 Å². The first kappa shape index (κ1) is 15.4. The van der Waals surface area contributed by atoms with E-state index in [0.29, 0.717) is 25.3 Å². The molecule has 2 atom stereocenters. The van der Waals surface area contributed by atoms with Crippen molar-refractivity contribution >= 4 is 11.8 Å². The van der Waals surface area contributed by atoms with Gasteiger partial charge in [-0.1, -0.05) is 20.3 Å². The highest BCUT2D eigenvalue weighted by Gasteiger charge is 2.33. The molecule has 1 N–H and O–H groups in total. The number of carbonyl (C=O) groups excluding carboxylic acids is 2. The lowest BCUT2D eigenvalue weighted by Gasteiger charge is -2.27. The topological polar surface area (TPSA) is 75.2 Å². The summed E-state index contributed by atoms with van der Waals surface area (Å²) in [4.78, 5) is 34.6. The van der Waals surface area contributed by atoms with Gasteiger partial charge in [-0.3, -0.25) is 9.59 Å². The monoisotopic (exact) mass is 290 g/mol. The summed E-state index contributed by atoms with van der Waals surface area (Å²) in [5.74, 6) is 0.720. The quantitative estimate of drug-likeness (QED) is 0.899. The van der Waals surface area contributed by atoms with Crippen LogP contribution in [0.15, 0.2) is 12.3 Å². The van der Waals surface area contributed by atoms with Crippen molar-refractivity contribution in [3.8, 4) is 0 Å². The molecule has 2 rings (SSSR count). The Morgan fingerprint density at radius 3 is 2.90 bits per heavy atom. The Morgan fingerprint density at radius 1 is 1.48 bits per heavy atom. The fourth-order valence-corrected chi connectivity index (χ4v) is 2.42. The third-order valence-electron chi connectivity index (χ3n) is 3.90. The highest BCUT2D eigenvalue weighted by molar-refractivity contribution is 5.90. The number of aromatic nitrogens is 2. The van der Waals surface area contributed by atoms with Crippen molar-refractivity contribution in [2.75, 3.05) is 6.54 Å². The van der Waals surface area contributed by atoms with Gasteiger partial charge in [0.05, 0.1) is 12.2 Å². The van der Waals surface area contributed by atoms with Crippen molar-refractivity contribution in [1.82, 2.24) is 20.2 Å². The van der Waals surface area contributed by atoms with Gasteiger partial charge in [-0.2, -0.15) is 0 Å². The van der Waals surface area contributed by atoms with E-state index < -0.39 is 6.04 Å². The van der Waals surface area contributed by atoms with E-state index in [9.17, 15) is 9.59 Å². The Bertz CT molecular complexity index is 532. The van der Waals surface area contributed by atoms with Crippen molar-refractivity contribution in [3.05, 3.63) is 23.8 Å². The predicted molar refractivity (Wildman–Crippen MR) is 78.2 cm³/mol. The van der Waals surface area contributed by atoms with Gasteiger partial charge in [0.25, 0.3) is 0 Å². The number of carbonyl (C=O) groups is 2. The van der Waals surface area contributed by atoms with Crippen molar-refractivity contribution in [1.29, 1.82) is 0 Å². The van der Waals surface area contributed by atoms with Crippen LogP contribution in [0.4, 0.5) is 0 Å². The highest BCUT2D eigenvalue weighted by Crippen LogP contribution is 2.16. The summed E-state index contributed by atoms with van der Waals surface area (Å²) in [6.07, 6.45) is 2.87. The van der Waals surface area contributed by atoms with Crippen LogP contribution in [-0.2, 0) is 16.1 Å². The molecule has 2 unspecified atom stereocenters. The summed E-state index contributed by atoms with van der Waals surface area (Å²) < 4.78 is 0. The lowest BCUT2D eigenvalue weighted by Crippen LogP contribution is -2.48. The first-order chi connectivity index (χ1) is 10.0. The first-order valence-corrected chi connectivity index (χ1v) is 7.38. The molecular formula is C15H22N4O2. The molecule has 2 heterocycles. The fourth-order valence-electron chi connectivity index (χ4n) is 2.42. The third-order valence-corrected chi connectivity index (χ3v) is 3.90. The normalized spacial score (nSPS) is 20.9. The number of rotatable bonds is 4. The van der Waals surface area contributed by atoms with Gasteiger partial charge in [0, 0.05) is 19.2 Å². The number of nitrogens with zero attached hydrogens (tertiary/aromatic N) is 3. The number of nitrogens with one attached hydrogen (secondary N) is 1. The van der Waals surface area contributed by atoms with Gasteiger partial charge in [-0.25, -0.2) is 9.97 Å². The Labute approximate surface area is 125 Å². The summed E-state index contributed by atoms with van der Waals surface area (Å²) >= 11 is 0. The van der Waals surface area contributed by atoms with E-state index >= 15 is 0 Å². The molecule has 6 nitrogen and oxygen atoms in total. The minimum atomic E-state index is -0.437. The second-order valence-corrected chi connectivity index (χ2v) is 5.54. The van der Waals surface area contributed by atoms with Crippen LogP contribution in [-0.4, -0.2) is 39.3 Å². The molecule has 0 bridgehead atoms. The molecule has 1 saturated heterocycles. The molecule has 1 aliphatic rings. The van der Waals surface area contributed by atoms with E-state index in [2.05, 4.69) is 15.3 Å². The summed E-state index contributed by atoms with van der Waals surface area (Å²) in [6.45, 7) is 6.68. The fraction of sp³-hybridized carbons (Fsp3) is 0.600. The number of hydrogen-bond acceptors (Lipinski definition) is 4. The second-order valence-electron chi connectivity index (χ2n) is 5.54. The van der Waals surface area contributed by atoms with Gasteiger partial charge < -0.3 is 10.2 Å². The lowest BCUT2D eigenvalue weighted by atomic mass is 9.98. The van der Waals surface area contributed by atoms with E-state index in [-0.39, 0.29) is 17.7 Å². The average molecular weight is 290 g/mol. The van der Waals surface area contributed by atoms with Crippen LogP contribution < -0.4 is 5.32 Å². The third kappa shape index (κ3) is 3.77. The summed E-state index contributed by atoms with van der Waals surface area (Å²) in [6, 6.07) is 1.37. The van der Waals surface area contributed by atoms with Crippen LogP contribution in [0.25, 0.3) is 0 Å². The van der Waals surface area contributed by atoms with Gasteiger partial charge in [-0.15, -0.1) is 0 Å². The summed E-state index contributed by atoms with van der Waals surface area (Å²) in [5.41, 5.74) is 0.799. The molecular weight excluding hydrogens is 268 g/mol. The minimum Gasteiger partial charge on any atom is -0.344 e. The van der Waals surface area contributed by atoms with Crippen molar-refractivity contribution < 1.29 is 9.59 Å². The molecule has 1 aromatic heterocycles. The standard InChI is InChI=1S/C15H22N4O2/c1-4-10(2)14-15(21)19(8-6-13(20)18-14)9-12-5-7-16-11(3)17-12/h5,7,10,14H,4,6,8-9H2,1-3H3,(H,18,20). The van der Waals surface area contributed by atoms with Crippen LogP contribution in [0.3, 0.4) is 0 Å². The molecule has 21 heavy (non-hydrogen) atoms. The summed E-state index contributed by atoms with van der Waals surface area (Å²) in [7, 11) is 0. The maximum atomic E-state index is 12.6. The van der Waals surface area contributed by atoms with Gasteiger partial charge >= 0.3 is 0 Å². The van der Waals surface area contributed by atoms with Crippen molar-refractivity contribution in [2.45, 2.75) is 46.2 Å². The van der Waals surface area contributed by atoms with Crippen molar-refractivity contribution in [2.24, 2.45) is 5.92 Å². The smallest absolute Gasteiger partial charge is 0.245 e. The predicted octanol–water partition coefficient (Wildman–Crippen LogP) is 1.05. The molecule has 1 aromatic rings. The number of amides is 2. The lowest BCUT2D eigenvalue weighted by molar-refractivity contribution is -0.135. The Hall–Kier alpha value is -1.98. The summed E-state index contributed by atoms with van der Waals surface area (Å²) in [5, 5.41) is 2.84. The van der Waals surface area contributed by atoms with E-state index in [4.69, 9.17) is 0 Å². The number of hydrogen-bond donors (Lipinski definition) is 1.